The molecule has 1 unspecified atom stereocenters. The van der Waals surface area contributed by atoms with Gasteiger partial charge in [-0.1, -0.05) is 11.3 Å². The summed E-state index contributed by atoms with van der Waals surface area (Å²) in [4.78, 5) is 45.1. The highest BCUT2D eigenvalue weighted by Gasteiger charge is 2.31. The lowest BCUT2D eigenvalue weighted by Gasteiger charge is -2.25. The first-order valence-electron chi connectivity index (χ1n) is 13.5. The molecule has 0 radical (unpaired) electrons. The maximum Gasteiger partial charge on any atom is 0.332 e. The molecule has 41 heavy (non-hydrogen) atoms. The molecule has 1 saturated heterocycles. The van der Waals surface area contributed by atoms with Crippen LogP contribution in [0.25, 0.3) is 15.2 Å². The standard InChI is InChI=1S/C28H33FN6O5S/c1-16(2)40-22(20-14-19(29)8-9-21(20)39-5)15-33-27-23(17(3)26(41-27)35-30-10-11-31-35)25(37)34(28(33)38)18(4)24(36)32-12-6-7-13-32/h8-11,14,16,18,22H,6-7,12-13,15H2,1-5H3/t18?,22-/m0/s1. The predicted molar refractivity (Wildman–Crippen MR) is 152 cm³/mol. The van der Waals surface area contributed by atoms with E-state index in [1.54, 1.807) is 18.7 Å². The second kappa shape index (κ2) is 11.6. The Kier molecular flexibility index (Phi) is 8.09. The van der Waals surface area contributed by atoms with E-state index in [-0.39, 0.29) is 23.9 Å². The highest BCUT2D eigenvalue weighted by molar-refractivity contribution is 7.21. The van der Waals surface area contributed by atoms with E-state index in [2.05, 4.69) is 10.2 Å². The molecule has 1 aliphatic heterocycles. The maximum absolute atomic E-state index is 14.4. The quantitative estimate of drug-likeness (QED) is 0.295. The molecular formula is C28H33FN6O5S. The molecule has 218 valence electrons. The molecule has 1 fully saturated rings. The van der Waals surface area contributed by atoms with Crippen molar-refractivity contribution in [2.45, 2.75) is 65.3 Å². The van der Waals surface area contributed by atoms with Crippen LogP contribution in [-0.4, -0.2) is 61.2 Å². The highest BCUT2D eigenvalue weighted by atomic mass is 32.1. The molecule has 1 aliphatic rings. The Morgan fingerprint density at radius 1 is 1.12 bits per heavy atom. The molecule has 0 saturated carbocycles. The summed E-state index contributed by atoms with van der Waals surface area (Å²) in [7, 11) is 1.48. The number of amides is 1. The van der Waals surface area contributed by atoms with Crippen molar-refractivity contribution in [3.05, 3.63) is 68.4 Å². The lowest BCUT2D eigenvalue weighted by molar-refractivity contribution is -0.133. The van der Waals surface area contributed by atoms with Gasteiger partial charge in [-0.2, -0.15) is 10.2 Å². The number of benzene rings is 1. The number of ether oxygens (including phenoxy) is 2. The van der Waals surface area contributed by atoms with Gasteiger partial charge in [0.2, 0.25) is 5.91 Å². The fourth-order valence-corrected chi connectivity index (χ4v) is 6.56. The van der Waals surface area contributed by atoms with Crippen molar-refractivity contribution in [2.75, 3.05) is 20.2 Å². The van der Waals surface area contributed by atoms with Gasteiger partial charge >= 0.3 is 5.69 Å². The summed E-state index contributed by atoms with van der Waals surface area (Å²) in [6.07, 6.45) is 3.71. The summed E-state index contributed by atoms with van der Waals surface area (Å²) in [5, 5.41) is 9.29. The van der Waals surface area contributed by atoms with Gasteiger partial charge in [0.1, 0.15) is 33.5 Å². The number of hydrogen-bond donors (Lipinski definition) is 0. The van der Waals surface area contributed by atoms with Crippen molar-refractivity contribution >= 4 is 27.5 Å². The van der Waals surface area contributed by atoms with Crippen LogP contribution in [0.4, 0.5) is 4.39 Å². The molecular weight excluding hydrogens is 551 g/mol. The van der Waals surface area contributed by atoms with Crippen LogP contribution >= 0.6 is 11.3 Å². The second-order valence-electron chi connectivity index (χ2n) is 10.4. The first kappa shape index (κ1) is 28.7. The van der Waals surface area contributed by atoms with Crippen LogP contribution in [0, 0.1) is 12.7 Å². The molecule has 5 rings (SSSR count). The Balaban J connectivity index is 1.75. The minimum atomic E-state index is -1.03. The van der Waals surface area contributed by atoms with E-state index in [0.717, 1.165) is 17.4 Å². The number of likely N-dealkylation sites (tertiary alicyclic amines) is 1. The lowest BCUT2D eigenvalue weighted by Crippen LogP contribution is -2.47. The number of hydrogen-bond acceptors (Lipinski definition) is 8. The van der Waals surface area contributed by atoms with Gasteiger partial charge < -0.3 is 14.4 Å². The minimum absolute atomic E-state index is 0.0653. The number of halogens is 1. The van der Waals surface area contributed by atoms with Gasteiger partial charge in [-0.05, 0) is 58.7 Å². The van der Waals surface area contributed by atoms with Crippen molar-refractivity contribution in [3.63, 3.8) is 0 Å². The third-order valence-electron chi connectivity index (χ3n) is 7.30. The molecule has 0 spiro atoms. The van der Waals surface area contributed by atoms with Gasteiger partial charge in [-0.15, -0.1) is 4.80 Å². The van der Waals surface area contributed by atoms with Crippen molar-refractivity contribution < 1.29 is 18.7 Å². The number of nitrogens with zero attached hydrogens (tertiary/aromatic N) is 6. The number of aryl methyl sites for hydroxylation is 1. The van der Waals surface area contributed by atoms with Crippen LogP contribution < -0.4 is 16.0 Å². The van der Waals surface area contributed by atoms with Gasteiger partial charge in [0.05, 0.1) is 37.5 Å². The average Bonchev–Trinajstić information content (AvgIpc) is 3.71. The summed E-state index contributed by atoms with van der Waals surface area (Å²) < 4.78 is 28.6. The van der Waals surface area contributed by atoms with Crippen LogP contribution in [0.3, 0.4) is 0 Å². The zero-order valence-corrected chi connectivity index (χ0v) is 24.5. The zero-order valence-electron chi connectivity index (χ0n) is 23.7. The van der Waals surface area contributed by atoms with E-state index in [0.29, 0.717) is 39.8 Å². The zero-order chi connectivity index (χ0) is 29.4. The molecule has 4 aromatic rings. The monoisotopic (exact) mass is 584 g/mol. The van der Waals surface area contributed by atoms with Crippen LogP contribution in [-0.2, 0) is 16.1 Å². The van der Waals surface area contributed by atoms with Gasteiger partial charge in [-0.3, -0.25) is 14.2 Å². The predicted octanol–water partition coefficient (Wildman–Crippen LogP) is 3.61. The summed E-state index contributed by atoms with van der Waals surface area (Å²) in [5.74, 6) is -0.364. The van der Waals surface area contributed by atoms with E-state index in [1.807, 2.05) is 13.8 Å². The normalized spacial score (nSPS) is 15.1. The molecule has 11 nitrogen and oxygen atoms in total. The fraction of sp³-hybridized carbons (Fsp3) is 0.464. The number of carbonyl (C=O) groups excluding carboxylic acids is 1. The van der Waals surface area contributed by atoms with Gasteiger partial charge in [0.25, 0.3) is 5.56 Å². The summed E-state index contributed by atoms with van der Waals surface area (Å²) in [5.41, 5.74) is -0.212. The fourth-order valence-electron chi connectivity index (χ4n) is 5.34. The Hall–Kier alpha value is -3.84. The number of thiophene rings is 1. The van der Waals surface area contributed by atoms with E-state index < -0.39 is 29.2 Å². The van der Waals surface area contributed by atoms with E-state index in [1.165, 1.54) is 58.4 Å². The Morgan fingerprint density at radius 2 is 1.80 bits per heavy atom. The lowest BCUT2D eigenvalue weighted by atomic mass is 10.1. The maximum atomic E-state index is 14.4. The van der Waals surface area contributed by atoms with Crippen LogP contribution in [0.5, 0.6) is 5.75 Å². The molecule has 4 heterocycles. The number of fused-ring (bicyclic) bond motifs is 1. The Bertz CT molecular complexity index is 1690. The Morgan fingerprint density at radius 3 is 2.44 bits per heavy atom. The molecule has 1 amide bonds. The van der Waals surface area contributed by atoms with Crippen LogP contribution in [0.1, 0.15) is 56.9 Å². The molecule has 0 aliphatic carbocycles. The second-order valence-corrected chi connectivity index (χ2v) is 11.3. The van der Waals surface area contributed by atoms with Crippen molar-refractivity contribution in [1.29, 1.82) is 0 Å². The number of rotatable bonds is 9. The van der Waals surface area contributed by atoms with E-state index >= 15 is 0 Å². The molecule has 0 bridgehead atoms. The molecule has 3 aromatic heterocycles. The van der Waals surface area contributed by atoms with Gasteiger partial charge in [0, 0.05) is 24.2 Å². The van der Waals surface area contributed by atoms with Gasteiger partial charge in [0.15, 0.2) is 0 Å². The highest BCUT2D eigenvalue weighted by Crippen LogP contribution is 2.34. The smallest absolute Gasteiger partial charge is 0.332 e. The number of methoxy groups -OCH3 is 1. The van der Waals surface area contributed by atoms with Crippen molar-refractivity contribution in [2.24, 2.45) is 0 Å². The van der Waals surface area contributed by atoms with Gasteiger partial charge in [-0.25, -0.2) is 13.8 Å². The van der Waals surface area contributed by atoms with Crippen LogP contribution in [0.2, 0.25) is 0 Å². The molecule has 1 aromatic carbocycles. The van der Waals surface area contributed by atoms with Crippen molar-refractivity contribution in [3.8, 4) is 10.8 Å². The molecule has 2 atom stereocenters. The van der Waals surface area contributed by atoms with E-state index in [9.17, 15) is 18.8 Å². The SMILES string of the molecule is COc1ccc(F)cc1[C@H](Cn1c(=O)n(C(C)C(=O)N2CCCC2)c(=O)c2c(C)c(-n3nccn3)sc21)OC(C)C. The topological polar surface area (TPSA) is 113 Å². The number of aromatic nitrogens is 5. The van der Waals surface area contributed by atoms with E-state index in [4.69, 9.17) is 9.47 Å². The third-order valence-corrected chi connectivity index (χ3v) is 8.58. The third kappa shape index (κ3) is 5.31. The Labute approximate surface area is 239 Å². The largest absolute Gasteiger partial charge is 0.496 e. The van der Waals surface area contributed by atoms with Crippen LogP contribution in [0.15, 0.2) is 40.2 Å². The summed E-state index contributed by atoms with van der Waals surface area (Å²) in [6, 6.07) is 3.09. The summed E-state index contributed by atoms with van der Waals surface area (Å²) in [6.45, 7) is 8.13. The average molecular weight is 585 g/mol. The first-order chi connectivity index (χ1) is 19.6. The number of carbonyl (C=O) groups is 1. The summed E-state index contributed by atoms with van der Waals surface area (Å²) >= 11 is 1.19. The van der Waals surface area contributed by atoms with Crippen molar-refractivity contribution in [1.82, 2.24) is 29.0 Å². The first-order valence-corrected chi connectivity index (χ1v) is 14.4. The molecule has 0 N–H and O–H groups in total. The minimum Gasteiger partial charge on any atom is -0.496 e. The molecule has 13 heteroatoms.